The van der Waals surface area contributed by atoms with Crippen LogP contribution in [0.4, 0.5) is 0 Å². The fraction of sp³-hybridized carbons (Fsp3) is 0.900. The monoisotopic (exact) mass is 198 g/mol. The van der Waals surface area contributed by atoms with E-state index in [9.17, 15) is 0 Å². The van der Waals surface area contributed by atoms with E-state index >= 15 is 0 Å². The average molecular weight is 198 g/mol. The van der Waals surface area contributed by atoms with Crippen LogP contribution in [0.15, 0.2) is 0 Å². The standard InChI is InChI=1S/C10H22N4/c1-12(2)5-4-10(11)14-8-6-13(3)7-9-14/h11H,4-9H2,1-3H3. The SMILES string of the molecule is CN(C)CCC(=N)N1CCN(C)CC1. The highest BCUT2D eigenvalue weighted by atomic mass is 15.3. The van der Waals surface area contributed by atoms with E-state index in [1.165, 1.54) is 0 Å². The minimum atomic E-state index is 0.798. The Morgan fingerprint density at radius 3 is 2.29 bits per heavy atom. The number of hydrogen-bond donors (Lipinski definition) is 1. The number of nitrogens with one attached hydrogen (secondary N) is 1. The third-order valence-corrected chi connectivity index (χ3v) is 2.68. The predicted octanol–water partition coefficient (Wildman–Crippen LogP) is 0.163. The molecule has 0 atom stereocenters. The van der Waals surface area contributed by atoms with Gasteiger partial charge in [-0.3, -0.25) is 5.41 Å². The summed E-state index contributed by atoms with van der Waals surface area (Å²) in [5.74, 6) is 0.798. The van der Waals surface area contributed by atoms with Crippen molar-refractivity contribution in [2.24, 2.45) is 0 Å². The van der Waals surface area contributed by atoms with Crippen LogP contribution in [0.25, 0.3) is 0 Å². The van der Waals surface area contributed by atoms with Crippen molar-refractivity contribution in [2.75, 3.05) is 53.9 Å². The first-order chi connectivity index (χ1) is 6.59. The molecule has 14 heavy (non-hydrogen) atoms. The first-order valence-corrected chi connectivity index (χ1v) is 5.25. The van der Waals surface area contributed by atoms with Crippen LogP contribution >= 0.6 is 0 Å². The second-order valence-corrected chi connectivity index (χ2v) is 4.29. The Balaban J connectivity index is 2.24. The summed E-state index contributed by atoms with van der Waals surface area (Å²) in [5.41, 5.74) is 0. The molecule has 0 bridgehead atoms. The summed E-state index contributed by atoms with van der Waals surface area (Å²) in [6.45, 7) is 5.19. The van der Waals surface area contributed by atoms with Crippen LogP contribution < -0.4 is 0 Å². The molecule has 0 spiro atoms. The van der Waals surface area contributed by atoms with Crippen molar-refractivity contribution >= 4 is 5.84 Å². The van der Waals surface area contributed by atoms with Crippen LogP contribution in [0.3, 0.4) is 0 Å². The third kappa shape index (κ3) is 3.64. The van der Waals surface area contributed by atoms with Gasteiger partial charge in [-0.1, -0.05) is 0 Å². The molecule has 82 valence electrons. The molecule has 0 unspecified atom stereocenters. The molecule has 1 saturated heterocycles. The zero-order valence-electron chi connectivity index (χ0n) is 9.58. The van der Waals surface area contributed by atoms with E-state index in [2.05, 4.69) is 35.8 Å². The number of likely N-dealkylation sites (N-methyl/N-ethyl adjacent to an activating group) is 1. The lowest BCUT2D eigenvalue weighted by molar-refractivity contribution is 0.211. The van der Waals surface area contributed by atoms with E-state index in [1.54, 1.807) is 0 Å². The van der Waals surface area contributed by atoms with Crippen molar-refractivity contribution in [2.45, 2.75) is 6.42 Å². The van der Waals surface area contributed by atoms with Gasteiger partial charge in [-0.25, -0.2) is 0 Å². The Labute approximate surface area is 87.0 Å². The molecular formula is C10H22N4. The zero-order valence-corrected chi connectivity index (χ0v) is 9.58. The largest absolute Gasteiger partial charge is 0.358 e. The second-order valence-electron chi connectivity index (χ2n) is 4.29. The predicted molar refractivity (Wildman–Crippen MR) is 60.0 cm³/mol. The third-order valence-electron chi connectivity index (χ3n) is 2.68. The molecular weight excluding hydrogens is 176 g/mol. The van der Waals surface area contributed by atoms with Crippen molar-refractivity contribution in [3.05, 3.63) is 0 Å². The van der Waals surface area contributed by atoms with Gasteiger partial charge in [-0.05, 0) is 21.1 Å². The van der Waals surface area contributed by atoms with Crippen molar-refractivity contribution in [1.29, 1.82) is 5.41 Å². The molecule has 4 heteroatoms. The van der Waals surface area contributed by atoms with Crippen LogP contribution in [0.5, 0.6) is 0 Å². The van der Waals surface area contributed by atoms with E-state index in [-0.39, 0.29) is 0 Å². The van der Waals surface area contributed by atoms with Crippen LogP contribution in [0, 0.1) is 5.41 Å². The molecule has 0 saturated carbocycles. The average Bonchev–Trinajstić information content (AvgIpc) is 2.15. The smallest absolute Gasteiger partial charge is 0.0971 e. The van der Waals surface area contributed by atoms with Crippen LogP contribution in [0.1, 0.15) is 6.42 Å². The molecule has 4 nitrogen and oxygen atoms in total. The van der Waals surface area contributed by atoms with Crippen LogP contribution in [0.2, 0.25) is 0 Å². The molecule has 0 radical (unpaired) electrons. The van der Waals surface area contributed by atoms with Gasteiger partial charge in [0.15, 0.2) is 0 Å². The molecule has 0 aromatic rings. The normalized spacial score (nSPS) is 19.0. The van der Waals surface area contributed by atoms with Gasteiger partial charge < -0.3 is 14.7 Å². The van der Waals surface area contributed by atoms with Gasteiger partial charge >= 0.3 is 0 Å². The minimum Gasteiger partial charge on any atom is -0.358 e. The Kier molecular flexibility index (Phi) is 4.35. The van der Waals surface area contributed by atoms with E-state index in [4.69, 9.17) is 5.41 Å². The minimum absolute atomic E-state index is 0.798. The summed E-state index contributed by atoms with van der Waals surface area (Å²) in [6, 6.07) is 0. The lowest BCUT2D eigenvalue weighted by Crippen LogP contribution is -2.47. The van der Waals surface area contributed by atoms with Gasteiger partial charge in [0.25, 0.3) is 0 Å². The van der Waals surface area contributed by atoms with E-state index in [0.717, 1.165) is 45.0 Å². The van der Waals surface area contributed by atoms with Crippen LogP contribution in [-0.4, -0.2) is 74.4 Å². The molecule has 1 fully saturated rings. The zero-order chi connectivity index (χ0) is 10.6. The summed E-state index contributed by atoms with van der Waals surface area (Å²) >= 11 is 0. The van der Waals surface area contributed by atoms with E-state index < -0.39 is 0 Å². The number of piperazine rings is 1. The Morgan fingerprint density at radius 2 is 1.79 bits per heavy atom. The lowest BCUT2D eigenvalue weighted by Gasteiger charge is -2.34. The second kappa shape index (κ2) is 5.32. The van der Waals surface area contributed by atoms with Gasteiger partial charge in [0.1, 0.15) is 0 Å². The molecule has 1 aliphatic rings. The first-order valence-electron chi connectivity index (χ1n) is 5.25. The molecule has 0 amide bonds. The van der Waals surface area contributed by atoms with Crippen molar-refractivity contribution < 1.29 is 0 Å². The number of rotatable bonds is 3. The highest BCUT2D eigenvalue weighted by Crippen LogP contribution is 2.02. The maximum atomic E-state index is 7.92. The van der Waals surface area contributed by atoms with Gasteiger partial charge in [0.05, 0.1) is 5.84 Å². The summed E-state index contributed by atoms with van der Waals surface area (Å²) in [5, 5.41) is 7.92. The Bertz CT molecular complexity index is 183. The van der Waals surface area contributed by atoms with E-state index in [1.807, 2.05) is 0 Å². The highest BCUT2D eigenvalue weighted by Gasteiger charge is 2.15. The number of hydrogen-bond acceptors (Lipinski definition) is 3. The number of nitrogens with zero attached hydrogens (tertiary/aromatic N) is 3. The fourth-order valence-electron chi connectivity index (χ4n) is 1.56. The molecule has 0 aromatic heterocycles. The van der Waals surface area contributed by atoms with Crippen LogP contribution in [-0.2, 0) is 0 Å². The molecule has 1 aliphatic heterocycles. The van der Waals surface area contributed by atoms with E-state index in [0.29, 0.717) is 0 Å². The molecule has 0 aromatic carbocycles. The summed E-state index contributed by atoms with van der Waals surface area (Å²) in [4.78, 5) is 6.64. The van der Waals surface area contributed by atoms with Crippen molar-refractivity contribution in [3.63, 3.8) is 0 Å². The van der Waals surface area contributed by atoms with Gasteiger partial charge in [0.2, 0.25) is 0 Å². The quantitative estimate of drug-likeness (QED) is 0.518. The lowest BCUT2D eigenvalue weighted by atomic mass is 10.2. The topological polar surface area (TPSA) is 33.6 Å². The van der Waals surface area contributed by atoms with Gasteiger partial charge in [0, 0.05) is 39.1 Å². The van der Waals surface area contributed by atoms with Crippen molar-refractivity contribution in [3.8, 4) is 0 Å². The van der Waals surface area contributed by atoms with Gasteiger partial charge in [-0.15, -0.1) is 0 Å². The first kappa shape index (κ1) is 11.5. The summed E-state index contributed by atoms with van der Waals surface area (Å²) in [7, 11) is 6.25. The molecule has 0 aliphatic carbocycles. The Morgan fingerprint density at radius 1 is 1.21 bits per heavy atom. The molecule has 1 N–H and O–H groups in total. The maximum absolute atomic E-state index is 7.92. The Hall–Kier alpha value is -0.610. The summed E-state index contributed by atoms with van der Waals surface area (Å²) in [6.07, 6.45) is 0.872. The molecule has 1 heterocycles. The molecule has 1 rings (SSSR count). The highest BCUT2D eigenvalue weighted by molar-refractivity contribution is 5.79. The fourth-order valence-corrected chi connectivity index (χ4v) is 1.56. The summed E-state index contributed by atoms with van der Waals surface area (Å²) < 4.78 is 0. The number of amidine groups is 1. The van der Waals surface area contributed by atoms with Crippen molar-refractivity contribution in [1.82, 2.24) is 14.7 Å². The maximum Gasteiger partial charge on any atom is 0.0971 e. The van der Waals surface area contributed by atoms with Gasteiger partial charge in [-0.2, -0.15) is 0 Å².